The van der Waals surface area contributed by atoms with E-state index >= 15 is 0 Å². The molecule has 2 aromatic rings. The van der Waals surface area contributed by atoms with Crippen molar-refractivity contribution < 1.29 is 9.53 Å². The Kier molecular flexibility index (Phi) is 6.34. The lowest BCUT2D eigenvalue weighted by Gasteiger charge is -2.32. The first-order valence-electron chi connectivity index (χ1n) is 10.3. The molecule has 2 fully saturated rings. The fraction of sp³-hybridized carbons (Fsp3) is 0.571. The van der Waals surface area contributed by atoms with Crippen LogP contribution in [0.25, 0.3) is 0 Å². The number of hydrogen-bond acceptors (Lipinski definition) is 5. The van der Waals surface area contributed by atoms with E-state index in [2.05, 4.69) is 50.9 Å². The Balaban J connectivity index is 1.16. The molecular formula is C21H29N5O2. The molecule has 4 rings (SSSR count). The molecule has 2 saturated heterocycles. The van der Waals surface area contributed by atoms with E-state index in [4.69, 9.17) is 4.74 Å². The predicted octanol–water partition coefficient (Wildman–Crippen LogP) is 2.07. The van der Waals surface area contributed by atoms with Gasteiger partial charge in [0.1, 0.15) is 0 Å². The number of ether oxygens (including phenoxy) is 1. The van der Waals surface area contributed by atoms with Crippen molar-refractivity contribution in [2.45, 2.75) is 44.2 Å². The summed E-state index contributed by atoms with van der Waals surface area (Å²) in [6, 6.07) is 10.8. The molecule has 7 heteroatoms. The molecule has 28 heavy (non-hydrogen) atoms. The second-order valence-electron chi connectivity index (χ2n) is 7.74. The van der Waals surface area contributed by atoms with Gasteiger partial charge < -0.3 is 15.0 Å². The summed E-state index contributed by atoms with van der Waals surface area (Å²) in [6.45, 7) is 5.14. The van der Waals surface area contributed by atoms with Crippen LogP contribution in [0.3, 0.4) is 0 Å². The highest BCUT2D eigenvalue weighted by molar-refractivity contribution is 5.91. The summed E-state index contributed by atoms with van der Waals surface area (Å²) in [5, 5.41) is 11.0. The number of benzene rings is 1. The van der Waals surface area contributed by atoms with Crippen molar-refractivity contribution in [1.29, 1.82) is 0 Å². The van der Waals surface area contributed by atoms with Crippen LogP contribution >= 0.6 is 0 Å². The summed E-state index contributed by atoms with van der Waals surface area (Å²) >= 11 is 0. The first-order chi connectivity index (χ1) is 13.8. The molecule has 0 spiro atoms. The van der Waals surface area contributed by atoms with E-state index < -0.39 is 0 Å². The molecule has 2 aliphatic rings. The molecule has 0 bridgehead atoms. The summed E-state index contributed by atoms with van der Waals surface area (Å²) in [4.78, 5) is 14.7. The molecule has 1 aromatic heterocycles. The molecule has 150 valence electrons. The van der Waals surface area contributed by atoms with Crippen molar-refractivity contribution in [3.05, 3.63) is 47.8 Å². The minimum atomic E-state index is -0.155. The third kappa shape index (κ3) is 4.97. The van der Waals surface area contributed by atoms with Crippen molar-refractivity contribution in [3.8, 4) is 0 Å². The van der Waals surface area contributed by atoms with Gasteiger partial charge in [-0.25, -0.2) is 4.68 Å². The zero-order valence-corrected chi connectivity index (χ0v) is 16.3. The SMILES string of the molecule is O=C(NCCN1CCC(c2ccccc2)CC1)c1cn(C[C@H]2CCCO2)nn1. The first-order valence-corrected chi connectivity index (χ1v) is 10.3. The smallest absolute Gasteiger partial charge is 0.273 e. The molecule has 0 radical (unpaired) electrons. The van der Waals surface area contributed by atoms with Gasteiger partial charge in [0.2, 0.25) is 0 Å². The van der Waals surface area contributed by atoms with Crippen LogP contribution < -0.4 is 5.32 Å². The Morgan fingerprint density at radius 1 is 1.18 bits per heavy atom. The number of nitrogens with zero attached hydrogens (tertiary/aromatic N) is 4. The van der Waals surface area contributed by atoms with Crippen molar-refractivity contribution in [1.82, 2.24) is 25.2 Å². The summed E-state index contributed by atoms with van der Waals surface area (Å²) in [6.07, 6.45) is 6.39. The molecule has 7 nitrogen and oxygen atoms in total. The number of hydrogen-bond donors (Lipinski definition) is 1. The molecule has 0 unspecified atom stereocenters. The number of carbonyl (C=O) groups is 1. The van der Waals surface area contributed by atoms with Crippen molar-refractivity contribution in [3.63, 3.8) is 0 Å². The van der Waals surface area contributed by atoms with E-state index in [9.17, 15) is 4.79 Å². The van der Waals surface area contributed by atoms with E-state index in [0.29, 0.717) is 24.7 Å². The quantitative estimate of drug-likeness (QED) is 0.792. The lowest BCUT2D eigenvalue weighted by Crippen LogP contribution is -2.39. The Hall–Kier alpha value is -2.25. The van der Waals surface area contributed by atoms with Crippen molar-refractivity contribution >= 4 is 5.91 Å². The highest BCUT2D eigenvalue weighted by atomic mass is 16.5. The van der Waals surface area contributed by atoms with E-state index in [1.165, 1.54) is 18.4 Å². The van der Waals surface area contributed by atoms with Gasteiger partial charge in [-0.1, -0.05) is 35.5 Å². The highest BCUT2D eigenvalue weighted by Crippen LogP contribution is 2.27. The Morgan fingerprint density at radius 3 is 2.75 bits per heavy atom. The minimum Gasteiger partial charge on any atom is -0.376 e. The monoisotopic (exact) mass is 383 g/mol. The molecule has 1 N–H and O–H groups in total. The van der Waals surface area contributed by atoms with Gasteiger partial charge in [-0.3, -0.25) is 4.79 Å². The van der Waals surface area contributed by atoms with E-state index in [0.717, 1.165) is 39.1 Å². The second-order valence-corrected chi connectivity index (χ2v) is 7.74. The zero-order valence-electron chi connectivity index (χ0n) is 16.3. The topological polar surface area (TPSA) is 72.3 Å². The summed E-state index contributed by atoms with van der Waals surface area (Å²) < 4.78 is 7.31. The van der Waals surface area contributed by atoms with Crippen LogP contribution in [0.1, 0.15) is 47.7 Å². The van der Waals surface area contributed by atoms with Gasteiger partial charge in [0.05, 0.1) is 18.8 Å². The van der Waals surface area contributed by atoms with Crippen molar-refractivity contribution in [2.75, 3.05) is 32.8 Å². The standard InChI is InChI=1S/C21H29N5O2/c27-21(20-16-26(24-23-20)15-19-7-4-14-28-19)22-10-13-25-11-8-18(9-12-25)17-5-2-1-3-6-17/h1-3,5-6,16,18-19H,4,7-15H2,(H,22,27)/t19-/m1/s1. The third-order valence-electron chi connectivity index (χ3n) is 5.76. The number of rotatable bonds is 7. The molecule has 0 saturated carbocycles. The Bertz CT molecular complexity index is 749. The molecule has 1 aromatic carbocycles. The number of carbonyl (C=O) groups excluding carboxylic acids is 1. The maximum absolute atomic E-state index is 12.3. The zero-order chi connectivity index (χ0) is 19.2. The van der Waals surface area contributed by atoms with Gasteiger partial charge in [0.15, 0.2) is 5.69 Å². The largest absolute Gasteiger partial charge is 0.376 e. The van der Waals surface area contributed by atoms with Crippen LogP contribution in [-0.2, 0) is 11.3 Å². The number of aromatic nitrogens is 3. The maximum atomic E-state index is 12.3. The molecular weight excluding hydrogens is 354 g/mol. The first kappa shape index (κ1) is 19.1. The lowest BCUT2D eigenvalue weighted by molar-refractivity contribution is 0.0927. The summed E-state index contributed by atoms with van der Waals surface area (Å²) in [5.41, 5.74) is 1.82. The fourth-order valence-corrected chi connectivity index (χ4v) is 4.12. The third-order valence-corrected chi connectivity index (χ3v) is 5.76. The van der Waals surface area contributed by atoms with Crippen LogP contribution in [-0.4, -0.2) is 64.7 Å². The Labute approximate surface area is 166 Å². The molecule has 2 aliphatic heterocycles. The molecule has 3 heterocycles. The number of amides is 1. The van der Waals surface area contributed by atoms with Gasteiger partial charge in [-0.15, -0.1) is 5.10 Å². The van der Waals surface area contributed by atoms with E-state index in [1.807, 2.05) is 0 Å². The second kappa shape index (κ2) is 9.30. The van der Waals surface area contributed by atoms with Crippen LogP contribution in [0.4, 0.5) is 0 Å². The molecule has 0 aliphatic carbocycles. The van der Waals surface area contributed by atoms with E-state index in [1.54, 1.807) is 10.9 Å². The average molecular weight is 383 g/mol. The summed E-state index contributed by atoms with van der Waals surface area (Å²) in [5.74, 6) is 0.503. The molecule has 1 amide bonds. The van der Waals surface area contributed by atoms with Gasteiger partial charge in [0.25, 0.3) is 5.91 Å². The Morgan fingerprint density at radius 2 is 2.00 bits per heavy atom. The normalized spacial score (nSPS) is 21.1. The number of likely N-dealkylation sites (tertiary alicyclic amines) is 1. The minimum absolute atomic E-state index is 0.155. The van der Waals surface area contributed by atoms with Crippen LogP contribution in [0.5, 0.6) is 0 Å². The van der Waals surface area contributed by atoms with Gasteiger partial charge >= 0.3 is 0 Å². The average Bonchev–Trinajstić information content (AvgIpc) is 3.42. The molecule has 1 atom stereocenters. The van der Waals surface area contributed by atoms with E-state index in [-0.39, 0.29) is 12.0 Å². The highest BCUT2D eigenvalue weighted by Gasteiger charge is 2.21. The van der Waals surface area contributed by atoms with Gasteiger partial charge in [-0.05, 0) is 50.3 Å². The maximum Gasteiger partial charge on any atom is 0.273 e. The van der Waals surface area contributed by atoms with Gasteiger partial charge in [-0.2, -0.15) is 0 Å². The van der Waals surface area contributed by atoms with Crippen LogP contribution in [0.15, 0.2) is 36.5 Å². The predicted molar refractivity (Wildman–Crippen MR) is 106 cm³/mol. The van der Waals surface area contributed by atoms with Crippen molar-refractivity contribution in [2.24, 2.45) is 0 Å². The lowest BCUT2D eigenvalue weighted by atomic mass is 9.89. The van der Waals surface area contributed by atoms with Crippen LogP contribution in [0, 0.1) is 0 Å². The fourth-order valence-electron chi connectivity index (χ4n) is 4.12. The number of piperidine rings is 1. The van der Waals surface area contributed by atoms with Gasteiger partial charge in [0, 0.05) is 19.7 Å². The summed E-state index contributed by atoms with van der Waals surface area (Å²) in [7, 11) is 0. The number of nitrogens with one attached hydrogen (secondary N) is 1. The van der Waals surface area contributed by atoms with Crippen LogP contribution in [0.2, 0.25) is 0 Å².